The van der Waals surface area contributed by atoms with E-state index in [1.165, 1.54) is 5.56 Å². The van der Waals surface area contributed by atoms with Gasteiger partial charge in [0.05, 0.1) is 5.69 Å². The van der Waals surface area contributed by atoms with Gasteiger partial charge in [0.1, 0.15) is 5.75 Å². The molecule has 0 bridgehead atoms. The molecular formula is C24H24ClNO. The molecule has 3 rings (SSSR count). The number of halogens is 1. The van der Waals surface area contributed by atoms with Crippen LogP contribution < -0.4 is 0 Å². The zero-order valence-electron chi connectivity index (χ0n) is 15.7. The van der Waals surface area contributed by atoms with Gasteiger partial charge in [0, 0.05) is 16.8 Å². The van der Waals surface area contributed by atoms with E-state index >= 15 is 0 Å². The molecule has 3 aromatic rings. The summed E-state index contributed by atoms with van der Waals surface area (Å²) in [5.41, 5.74) is 5.02. The summed E-state index contributed by atoms with van der Waals surface area (Å²) in [5, 5.41) is 11.0. The van der Waals surface area contributed by atoms with Crippen molar-refractivity contribution in [3.63, 3.8) is 0 Å². The van der Waals surface area contributed by atoms with Crippen LogP contribution in [0.5, 0.6) is 5.75 Å². The van der Waals surface area contributed by atoms with Crippen LogP contribution in [-0.4, -0.2) is 11.3 Å². The molecule has 0 saturated heterocycles. The predicted molar refractivity (Wildman–Crippen MR) is 115 cm³/mol. The Morgan fingerprint density at radius 2 is 1.78 bits per heavy atom. The maximum absolute atomic E-state index is 10.2. The maximum atomic E-state index is 10.2. The van der Waals surface area contributed by atoms with Crippen LogP contribution in [0.3, 0.4) is 0 Å². The van der Waals surface area contributed by atoms with Crippen LogP contribution in [0.1, 0.15) is 48.4 Å². The largest absolute Gasteiger partial charge is 0.507 e. The van der Waals surface area contributed by atoms with E-state index in [4.69, 9.17) is 11.6 Å². The van der Waals surface area contributed by atoms with Crippen LogP contribution in [-0.2, 0) is 6.42 Å². The van der Waals surface area contributed by atoms with E-state index in [1.54, 1.807) is 12.3 Å². The molecule has 0 amide bonds. The van der Waals surface area contributed by atoms with Gasteiger partial charge in [0.15, 0.2) is 0 Å². The third-order valence-corrected chi connectivity index (χ3v) is 5.24. The molecule has 3 heteroatoms. The number of phenolic OH excluding ortho intramolecular Hbond substituents is 1. The number of hydrogen-bond donors (Lipinski definition) is 1. The SMILES string of the molecule is CCC(C)c1ccccc1N=Cc1cc(Cc2ccccc2Cl)ccc1O. The highest BCUT2D eigenvalue weighted by Gasteiger charge is 2.08. The minimum absolute atomic E-state index is 0.225. The zero-order valence-corrected chi connectivity index (χ0v) is 16.4. The average Bonchev–Trinajstić information content (AvgIpc) is 2.69. The topological polar surface area (TPSA) is 32.6 Å². The lowest BCUT2D eigenvalue weighted by atomic mass is 9.97. The molecule has 0 fully saturated rings. The first-order valence-corrected chi connectivity index (χ1v) is 9.64. The highest BCUT2D eigenvalue weighted by Crippen LogP contribution is 2.29. The highest BCUT2D eigenvalue weighted by molar-refractivity contribution is 6.31. The number of phenols is 1. The lowest BCUT2D eigenvalue weighted by Crippen LogP contribution is -1.93. The second-order valence-corrected chi connectivity index (χ2v) is 7.19. The van der Waals surface area contributed by atoms with Crippen molar-refractivity contribution in [1.29, 1.82) is 0 Å². The van der Waals surface area contributed by atoms with Gasteiger partial charge in [-0.1, -0.05) is 67.9 Å². The van der Waals surface area contributed by atoms with E-state index in [1.807, 2.05) is 54.6 Å². The summed E-state index contributed by atoms with van der Waals surface area (Å²) in [6.45, 7) is 4.38. The molecule has 0 aliphatic carbocycles. The lowest BCUT2D eigenvalue weighted by Gasteiger charge is -2.11. The molecule has 1 atom stereocenters. The van der Waals surface area contributed by atoms with Crippen molar-refractivity contribution in [3.8, 4) is 5.75 Å². The smallest absolute Gasteiger partial charge is 0.124 e. The Labute approximate surface area is 166 Å². The van der Waals surface area contributed by atoms with E-state index in [9.17, 15) is 5.11 Å². The summed E-state index contributed by atoms with van der Waals surface area (Å²) in [4.78, 5) is 4.66. The van der Waals surface area contributed by atoms with Gasteiger partial charge in [-0.15, -0.1) is 0 Å². The van der Waals surface area contributed by atoms with E-state index in [2.05, 4.69) is 24.9 Å². The van der Waals surface area contributed by atoms with Gasteiger partial charge in [0.25, 0.3) is 0 Å². The summed E-state index contributed by atoms with van der Waals surface area (Å²) < 4.78 is 0. The summed E-state index contributed by atoms with van der Waals surface area (Å²) in [6.07, 6.45) is 3.52. The molecule has 0 saturated carbocycles. The Balaban J connectivity index is 1.88. The summed E-state index contributed by atoms with van der Waals surface area (Å²) >= 11 is 6.27. The molecular weight excluding hydrogens is 354 g/mol. The number of nitrogens with zero attached hydrogens (tertiary/aromatic N) is 1. The van der Waals surface area contributed by atoms with Crippen LogP contribution in [0.25, 0.3) is 0 Å². The first-order chi connectivity index (χ1) is 13.1. The fraction of sp³-hybridized carbons (Fsp3) is 0.208. The average molecular weight is 378 g/mol. The quantitative estimate of drug-likeness (QED) is 0.465. The van der Waals surface area contributed by atoms with Crippen LogP contribution >= 0.6 is 11.6 Å². The molecule has 27 heavy (non-hydrogen) atoms. The molecule has 0 aliphatic rings. The standard InChI is InChI=1S/C24H24ClNO/c1-3-17(2)21-9-5-7-11-23(21)26-16-20-15-18(12-13-24(20)27)14-19-8-4-6-10-22(19)25/h4-13,15-17,27H,3,14H2,1-2H3. The van der Waals surface area contributed by atoms with Gasteiger partial charge in [-0.05, 0) is 59.7 Å². The molecule has 0 aliphatic heterocycles. The van der Waals surface area contributed by atoms with Crippen LogP contribution in [0.15, 0.2) is 71.7 Å². The van der Waals surface area contributed by atoms with Gasteiger partial charge >= 0.3 is 0 Å². The summed E-state index contributed by atoms with van der Waals surface area (Å²) in [6, 6.07) is 21.6. The third kappa shape index (κ3) is 4.78. The van der Waals surface area contributed by atoms with E-state index in [-0.39, 0.29) is 5.75 Å². The minimum Gasteiger partial charge on any atom is -0.507 e. The van der Waals surface area contributed by atoms with Crippen molar-refractivity contribution in [2.24, 2.45) is 4.99 Å². The molecule has 0 radical (unpaired) electrons. The molecule has 0 aromatic heterocycles. The van der Waals surface area contributed by atoms with E-state index < -0.39 is 0 Å². The Morgan fingerprint density at radius 1 is 1.04 bits per heavy atom. The van der Waals surface area contributed by atoms with Gasteiger partial charge in [-0.25, -0.2) is 0 Å². The molecule has 0 heterocycles. The van der Waals surface area contributed by atoms with Gasteiger partial charge in [0.2, 0.25) is 0 Å². The molecule has 2 nitrogen and oxygen atoms in total. The Morgan fingerprint density at radius 3 is 2.56 bits per heavy atom. The monoisotopic (exact) mass is 377 g/mol. The number of para-hydroxylation sites is 1. The Bertz CT molecular complexity index is 949. The third-order valence-electron chi connectivity index (χ3n) is 4.87. The molecule has 1 unspecified atom stereocenters. The first-order valence-electron chi connectivity index (χ1n) is 9.26. The van der Waals surface area contributed by atoms with E-state index in [0.29, 0.717) is 17.9 Å². The summed E-state index contributed by atoms with van der Waals surface area (Å²) in [5.74, 6) is 0.668. The van der Waals surface area contributed by atoms with Crippen molar-refractivity contribution in [3.05, 3.63) is 94.0 Å². The fourth-order valence-corrected chi connectivity index (χ4v) is 3.26. The fourth-order valence-electron chi connectivity index (χ4n) is 3.06. The number of benzene rings is 3. The van der Waals surface area contributed by atoms with Crippen molar-refractivity contribution in [1.82, 2.24) is 0 Å². The number of hydrogen-bond acceptors (Lipinski definition) is 2. The number of aromatic hydroxyl groups is 1. The normalized spacial score (nSPS) is 12.4. The maximum Gasteiger partial charge on any atom is 0.124 e. The van der Waals surface area contributed by atoms with Crippen LogP contribution in [0.2, 0.25) is 5.02 Å². The molecule has 138 valence electrons. The van der Waals surface area contributed by atoms with Crippen molar-refractivity contribution < 1.29 is 5.11 Å². The number of rotatable bonds is 6. The molecule has 0 spiro atoms. The summed E-state index contributed by atoms with van der Waals surface area (Å²) in [7, 11) is 0. The van der Waals surface area contributed by atoms with Crippen molar-refractivity contribution >= 4 is 23.5 Å². The lowest BCUT2D eigenvalue weighted by molar-refractivity contribution is 0.474. The minimum atomic E-state index is 0.225. The highest BCUT2D eigenvalue weighted by atomic mass is 35.5. The van der Waals surface area contributed by atoms with Crippen LogP contribution in [0.4, 0.5) is 5.69 Å². The van der Waals surface area contributed by atoms with Crippen molar-refractivity contribution in [2.75, 3.05) is 0 Å². The van der Waals surface area contributed by atoms with Crippen molar-refractivity contribution in [2.45, 2.75) is 32.6 Å². The first kappa shape index (κ1) is 19.2. The molecule has 3 aromatic carbocycles. The second-order valence-electron chi connectivity index (χ2n) is 6.79. The van der Waals surface area contributed by atoms with E-state index in [0.717, 1.165) is 28.3 Å². The second kappa shape index (κ2) is 8.88. The number of aliphatic imine (C=N–C) groups is 1. The van der Waals surface area contributed by atoms with Gasteiger partial charge in [-0.2, -0.15) is 0 Å². The Kier molecular flexibility index (Phi) is 6.31. The molecule has 1 N–H and O–H groups in total. The predicted octanol–water partition coefficient (Wildman–Crippen LogP) is 6.90. The van der Waals surface area contributed by atoms with Gasteiger partial charge < -0.3 is 5.11 Å². The Hall–Kier alpha value is -2.58. The van der Waals surface area contributed by atoms with Gasteiger partial charge in [-0.3, -0.25) is 4.99 Å². The zero-order chi connectivity index (χ0) is 19.2. The van der Waals surface area contributed by atoms with Crippen LogP contribution in [0, 0.1) is 0 Å².